The second kappa shape index (κ2) is 16.8. The molecule has 0 rings (SSSR count). The molecule has 0 spiro atoms. The molecule has 0 aromatic carbocycles. The molecule has 0 aliphatic rings. The lowest BCUT2D eigenvalue weighted by molar-refractivity contribution is -0.00211. The smallest absolute Gasteiger partial charge is 0.0728 e. The highest BCUT2D eigenvalue weighted by Gasteiger charge is 1.94. The fourth-order valence-corrected chi connectivity index (χ4v) is 1.50. The van der Waals surface area contributed by atoms with Crippen LogP contribution < -0.4 is 5.73 Å². The number of thiocarbonyl (C=S) groups is 1. The number of rotatable bonds is 16. The Balaban J connectivity index is 2.94. The van der Waals surface area contributed by atoms with E-state index in [9.17, 15) is 0 Å². The van der Waals surface area contributed by atoms with Crippen LogP contribution in [0.1, 0.15) is 32.6 Å². The minimum absolute atomic E-state index is 0.542. The summed E-state index contributed by atoms with van der Waals surface area (Å²) in [6, 6.07) is 0. The molecule has 5 nitrogen and oxygen atoms in total. The molecule has 0 radical (unpaired) electrons. The number of nitrogens with two attached hydrogens (primary N) is 1. The van der Waals surface area contributed by atoms with Gasteiger partial charge in [0.05, 0.1) is 44.6 Å². The largest absolute Gasteiger partial charge is 0.393 e. The summed E-state index contributed by atoms with van der Waals surface area (Å²) in [5, 5.41) is 0. The van der Waals surface area contributed by atoms with Crippen molar-refractivity contribution in [3.8, 4) is 0 Å². The van der Waals surface area contributed by atoms with Crippen LogP contribution in [0.2, 0.25) is 0 Å². The standard InChI is InChI=1S/C14H29NO4S/c1-2-3-6-16-8-10-18-12-13-19-11-9-17-7-4-5-14(15)20/h2-13H2,1H3,(H2,15,20). The lowest BCUT2D eigenvalue weighted by Crippen LogP contribution is -2.13. The third kappa shape index (κ3) is 17.7. The van der Waals surface area contributed by atoms with Crippen LogP contribution in [0.25, 0.3) is 0 Å². The summed E-state index contributed by atoms with van der Waals surface area (Å²) < 4.78 is 21.5. The molecule has 0 aliphatic carbocycles. The molecule has 0 saturated carbocycles. The first-order valence-corrected chi connectivity index (χ1v) is 7.77. The summed E-state index contributed by atoms with van der Waals surface area (Å²) in [6.07, 6.45) is 3.89. The average Bonchev–Trinajstić information content (AvgIpc) is 2.43. The molecular formula is C14H29NO4S. The van der Waals surface area contributed by atoms with Crippen molar-refractivity contribution in [2.45, 2.75) is 32.6 Å². The van der Waals surface area contributed by atoms with Gasteiger partial charge in [-0.15, -0.1) is 0 Å². The topological polar surface area (TPSA) is 62.9 Å². The van der Waals surface area contributed by atoms with Gasteiger partial charge in [0.15, 0.2) is 0 Å². The van der Waals surface area contributed by atoms with Crippen LogP contribution in [0.5, 0.6) is 0 Å². The molecular weight excluding hydrogens is 278 g/mol. The van der Waals surface area contributed by atoms with Gasteiger partial charge in [-0.2, -0.15) is 0 Å². The lowest BCUT2D eigenvalue weighted by atomic mass is 10.3. The monoisotopic (exact) mass is 307 g/mol. The summed E-state index contributed by atoms with van der Waals surface area (Å²) in [4.78, 5) is 0.542. The van der Waals surface area contributed by atoms with Crippen LogP contribution in [0, 0.1) is 0 Å². The molecule has 0 aromatic rings. The van der Waals surface area contributed by atoms with Crippen LogP contribution in [0.15, 0.2) is 0 Å². The first-order chi connectivity index (χ1) is 9.77. The number of ether oxygens (including phenoxy) is 4. The number of hydrogen-bond acceptors (Lipinski definition) is 5. The predicted octanol–water partition coefficient (Wildman–Crippen LogP) is 1.92. The Morgan fingerprint density at radius 2 is 1.15 bits per heavy atom. The molecule has 0 bridgehead atoms. The maximum Gasteiger partial charge on any atom is 0.0728 e. The molecule has 20 heavy (non-hydrogen) atoms. The van der Waals surface area contributed by atoms with Crippen molar-refractivity contribution in [1.82, 2.24) is 0 Å². The number of hydrogen-bond donors (Lipinski definition) is 1. The van der Waals surface area contributed by atoms with E-state index in [-0.39, 0.29) is 0 Å². The lowest BCUT2D eigenvalue weighted by Gasteiger charge is -2.07. The van der Waals surface area contributed by atoms with Gasteiger partial charge in [-0.3, -0.25) is 0 Å². The molecule has 120 valence electrons. The molecule has 0 heterocycles. The minimum atomic E-state index is 0.542. The van der Waals surface area contributed by atoms with Gasteiger partial charge in [0.2, 0.25) is 0 Å². The van der Waals surface area contributed by atoms with E-state index in [1.807, 2.05) is 0 Å². The quantitative estimate of drug-likeness (QED) is 0.347. The van der Waals surface area contributed by atoms with Gasteiger partial charge in [0.1, 0.15) is 0 Å². The van der Waals surface area contributed by atoms with Gasteiger partial charge in [0, 0.05) is 13.2 Å². The van der Waals surface area contributed by atoms with Crippen LogP contribution in [0.3, 0.4) is 0 Å². The Morgan fingerprint density at radius 1 is 0.750 bits per heavy atom. The third-order valence-electron chi connectivity index (χ3n) is 2.47. The highest BCUT2D eigenvalue weighted by atomic mass is 32.1. The normalized spacial score (nSPS) is 10.8. The fraction of sp³-hybridized carbons (Fsp3) is 0.929. The second-order valence-electron chi connectivity index (χ2n) is 4.37. The summed E-state index contributed by atoms with van der Waals surface area (Å²) in [5.74, 6) is 0. The summed E-state index contributed by atoms with van der Waals surface area (Å²) in [5.41, 5.74) is 5.38. The zero-order valence-electron chi connectivity index (χ0n) is 12.6. The second-order valence-corrected chi connectivity index (χ2v) is 4.90. The van der Waals surface area contributed by atoms with E-state index in [4.69, 9.17) is 36.9 Å². The van der Waals surface area contributed by atoms with Crippen LogP contribution in [-0.2, 0) is 18.9 Å². The van der Waals surface area contributed by atoms with E-state index in [0.29, 0.717) is 51.2 Å². The van der Waals surface area contributed by atoms with Crippen LogP contribution in [-0.4, -0.2) is 57.8 Å². The minimum Gasteiger partial charge on any atom is -0.393 e. The van der Waals surface area contributed by atoms with Gasteiger partial charge in [-0.05, 0) is 19.3 Å². The molecule has 0 saturated heterocycles. The Bertz CT molecular complexity index is 217. The van der Waals surface area contributed by atoms with Gasteiger partial charge < -0.3 is 24.7 Å². The van der Waals surface area contributed by atoms with E-state index in [0.717, 1.165) is 32.3 Å². The first-order valence-electron chi connectivity index (χ1n) is 7.36. The highest BCUT2D eigenvalue weighted by Crippen LogP contribution is 1.91. The van der Waals surface area contributed by atoms with Crippen LogP contribution in [0.4, 0.5) is 0 Å². The van der Waals surface area contributed by atoms with Gasteiger partial charge in [-0.1, -0.05) is 25.6 Å². The summed E-state index contributed by atoms with van der Waals surface area (Å²) >= 11 is 4.77. The van der Waals surface area contributed by atoms with E-state index in [1.54, 1.807) is 0 Å². The van der Waals surface area contributed by atoms with Gasteiger partial charge in [0.25, 0.3) is 0 Å². The van der Waals surface area contributed by atoms with E-state index >= 15 is 0 Å². The molecule has 0 aliphatic heterocycles. The highest BCUT2D eigenvalue weighted by molar-refractivity contribution is 7.80. The first kappa shape index (κ1) is 19.7. The summed E-state index contributed by atoms with van der Waals surface area (Å²) in [6.45, 7) is 7.29. The van der Waals surface area contributed by atoms with E-state index in [1.165, 1.54) is 0 Å². The molecule has 0 atom stereocenters. The molecule has 6 heteroatoms. The molecule has 0 aromatic heterocycles. The van der Waals surface area contributed by atoms with E-state index < -0.39 is 0 Å². The van der Waals surface area contributed by atoms with Gasteiger partial charge >= 0.3 is 0 Å². The predicted molar refractivity (Wildman–Crippen MR) is 84.2 cm³/mol. The van der Waals surface area contributed by atoms with Gasteiger partial charge in [-0.25, -0.2) is 0 Å². The maximum atomic E-state index is 5.38. The van der Waals surface area contributed by atoms with Crippen molar-refractivity contribution < 1.29 is 18.9 Å². The van der Waals surface area contributed by atoms with Crippen molar-refractivity contribution >= 4 is 17.2 Å². The summed E-state index contributed by atoms with van der Waals surface area (Å²) in [7, 11) is 0. The molecule has 2 N–H and O–H groups in total. The van der Waals surface area contributed by atoms with Crippen molar-refractivity contribution in [2.75, 3.05) is 52.9 Å². The molecule has 0 amide bonds. The van der Waals surface area contributed by atoms with Crippen molar-refractivity contribution in [3.63, 3.8) is 0 Å². The Morgan fingerprint density at radius 3 is 1.55 bits per heavy atom. The zero-order valence-corrected chi connectivity index (χ0v) is 13.4. The number of unbranched alkanes of at least 4 members (excludes halogenated alkanes) is 1. The van der Waals surface area contributed by atoms with Crippen LogP contribution >= 0.6 is 12.2 Å². The average molecular weight is 307 g/mol. The van der Waals surface area contributed by atoms with Crippen molar-refractivity contribution in [2.24, 2.45) is 5.73 Å². The SMILES string of the molecule is CCCCOCCOCCOCCOCCCC(N)=S. The van der Waals surface area contributed by atoms with E-state index in [2.05, 4.69) is 6.92 Å². The Labute approximate surface area is 128 Å². The fourth-order valence-electron chi connectivity index (χ4n) is 1.36. The van der Waals surface area contributed by atoms with Crippen molar-refractivity contribution in [1.29, 1.82) is 0 Å². The Kier molecular flexibility index (Phi) is 16.6. The zero-order chi connectivity index (χ0) is 14.9. The Hall–Kier alpha value is -0.270. The van der Waals surface area contributed by atoms with Crippen molar-refractivity contribution in [3.05, 3.63) is 0 Å². The third-order valence-corrected chi connectivity index (χ3v) is 2.67. The maximum absolute atomic E-state index is 5.38. The molecule has 0 unspecified atom stereocenters. The molecule has 0 fully saturated rings.